The Bertz CT molecular complexity index is 899. The summed E-state index contributed by atoms with van der Waals surface area (Å²) in [6.45, 7) is 7.71. The largest absolute Gasteiger partial charge is 0.367 e. The van der Waals surface area contributed by atoms with E-state index in [4.69, 9.17) is 0 Å². The van der Waals surface area contributed by atoms with Gasteiger partial charge in [0.15, 0.2) is 0 Å². The molecule has 1 aliphatic carbocycles. The van der Waals surface area contributed by atoms with Gasteiger partial charge < -0.3 is 15.6 Å². The Kier molecular flexibility index (Phi) is 5.36. The lowest BCUT2D eigenvalue weighted by Crippen LogP contribution is -2.36. The average Bonchev–Trinajstić information content (AvgIpc) is 3.17. The van der Waals surface area contributed by atoms with Gasteiger partial charge in [0.2, 0.25) is 0 Å². The van der Waals surface area contributed by atoms with Gasteiger partial charge in [-0.15, -0.1) is 0 Å². The summed E-state index contributed by atoms with van der Waals surface area (Å²) in [6, 6.07) is 13.3. The van der Waals surface area contributed by atoms with Gasteiger partial charge in [-0.05, 0) is 42.2 Å². The molecule has 0 unspecified atom stereocenters. The number of anilines is 1. The number of nitrogens with zero attached hydrogens (tertiary/aromatic N) is 2. The van der Waals surface area contributed by atoms with Crippen molar-refractivity contribution in [3.05, 3.63) is 54.0 Å². The second-order valence-corrected chi connectivity index (χ2v) is 8.90. The Balaban J connectivity index is 1.26. The highest BCUT2D eigenvalue weighted by Gasteiger charge is 2.22. The van der Waals surface area contributed by atoms with Crippen LogP contribution in [0, 0.1) is 6.07 Å². The summed E-state index contributed by atoms with van der Waals surface area (Å²) in [5.74, 6) is 0.890. The van der Waals surface area contributed by atoms with E-state index < -0.39 is 0 Å². The number of rotatable bonds is 5. The van der Waals surface area contributed by atoms with Crippen LogP contribution in [-0.2, 0) is 12.0 Å². The molecule has 5 heteroatoms. The number of nitrogens with one attached hydrogen (secondary N) is 3. The van der Waals surface area contributed by atoms with Crippen molar-refractivity contribution in [2.45, 2.75) is 70.5 Å². The summed E-state index contributed by atoms with van der Waals surface area (Å²) >= 11 is 0. The molecule has 3 aromatic rings. The number of fused-ring (bicyclic) bond motifs is 1. The van der Waals surface area contributed by atoms with Crippen molar-refractivity contribution < 1.29 is 0 Å². The Morgan fingerprint density at radius 2 is 1.75 bits per heavy atom. The third-order valence-electron chi connectivity index (χ3n) is 5.76. The van der Waals surface area contributed by atoms with Crippen molar-refractivity contribution in [3.63, 3.8) is 0 Å². The Hall–Kier alpha value is -2.40. The molecule has 4 rings (SSSR count). The first-order valence-electron chi connectivity index (χ1n) is 10.3. The SMILES string of the molecule is CC(C)(C)c1ccc(CNC2CCC(Nc3ncnc4[nH]c[c]c34)CC2)cc1. The maximum Gasteiger partial charge on any atom is 0.143 e. The molecule has 0 atom stereocenters. The monoisotopic (exact) mass is 376 g/mol. The van der Waals surface area contributed by atoms with E-state index in [1.54, 1.807) is 12.5 Å². The summed E-state index contributed by atoms with van der Waals surface area (Å²) < 4.78 is 0. The van der Waals surface area contributed by atoms with E-state index in [-0.39, 0.29) is 5.41 Å². The topological polar surface area (TPSA) is 65.6 Å². The minimum Gasteiger partial charge on any atom is -0.367 e. The molecule has 0 bridgehead atoms. The number of H-pyrrole nitrogens is 1. The first-order chi connectivity index (χ1) is 13.5. The van der Waals surface area contributed by atoms with Gasteiger partial charge in [0.1, 0.15) is 17.8 Å². The van der Waals surface area contributed by atoms with E-state index in [0.29, 0.717) is 12.1 Å². The normalized spacial score (nSPS) is 20.4. The van der Waals surface area contributed by atoms with Crippen LogP contribution < -0.4 is 10.6 Å². The molecule has 0 saturated heterocycles. The first kappa shape index (κ1) is 18.9. The van der Waals surface area contributed by atoms with Crippen LogP contribution in [0.5, 0.6) is 0 Å². The minimum atomic E-state index is 0.213. The third kappa shape index (κ3) is 4.36. The molecule has 2 heterocycles. The second kappa shape index (κ2) is 7.92. The van der Waals surface area contributed by atoms with E-state index in [9.17, 15) is 0 Å². The van der Waals surface area contributed by atoms with Crippen LogP contribution in [0.15, 0.2) is 36.8 Å². The zero-order valence-corrected chi connectivity index (χ0v) is 17.0. The smallest absolute Gasteiger partial charge is 0.143 e. The number of aromatic nitrogens is 3. The van der Waals surface area contributed by atoms with Crippen molar-refractivity contribution in [2.75, 3.05) is 5.32 Å². The molecule has 0 aliphatic heterocycles. The zero-order valence-electron chi connectivity index (χ0n) is 17.0. The van der Waals surface area contributed by atoms with Crippen molar-refractivity contribution in [1.82, 2.24) is 20.3 Å². The molecule has 147 valence electrons. The highest BCUT2D eigenvalue weighted by Crippen LogP contribution is 2.25. The van der Waals surface area contributed by atoms with Crippen LogP contribution in [0.4, 0.5) is 5.82 Å². The van der Waals surface area contributed by atoms with E-state index in [2.05, 4.69) is 76.7 Å². The molecule has 1 fully saturated rings. The van der Waals surface area contributed by atoms with Gasteiger partial charge in [-0.2, -0.15) is 0 Å². The van der Waals surface area contributed by atoms with Crippen LogP contribution in [0.2, 0.25) is 0 Å². The standard InChI is InChI=1S/C23H30N5/c1-23(2,3)17-6-4-16(5-7-17)14-25-18-8-10-19(11-9-18)28-22-20-12-13-24-21(20)26-15-27-22/h4-7,13,15,18-19,25H,8-11,14H2,1-3H3,(H2,24,26,27,28). The molecule has 2 aromatic heterocycles. The number of hydrogen-bond donors (Lipinski definition) is 3. The third-order valence-corrected chi connectivity index (χ3v) is 5.76. The molecular weight excluding hydrogens is 346 g/mol. The van der Waals surface area contributed by atoms with Crippen molar-refractivity contribution in [2.24, 2.45) is 0 Å². The van der Waals surface area contributed by atoms with Gasteiger partial charge in [0, 0.05) is 30.9 Å². The summed E-state index contributed by atoms with van der Waals surface area (Å²) in [5, 5.41) is 8.28. The fraction of sp³-hybridized carbons (Fsp3) is 0.478. The van der Waals surface area contributed by atoms with E-state index >= 15 is 0 Å². The average molecular weight is 377 g/mol. The lowest BCUT2D eigenvalue weighted by Gasteiger charge is -2.30. The minimum absolute atomic E-state index is 0.213. The van der Waals surface area contributed by atoms with Crippen LogP contribution in [0.3, 0.4) is 0 Å². The number of hydrogen-bond acceptors (Lipinski definition) is 4. The van der Waals surface area contributed by atoms with Gasteiger partial charge in [-0.3, -0.25) is 0 Å². The molecule has 0 spiro atoms. The van der Waals surface area contributed by atoms with E-state index in [1.165, 1.54) is 24.0 Å². The molecule has 5 nitrogen and oxygen atoms in total. The fourth-order valence-electron chi connectivity index (χ4n) is 3.94. The van der Waals surface area contributed by atoms with Crippen LogP contribution in [0.25, 0.3) is 11.0 Å². The van der Waals surface area contributed by atoms with Crippen molar-refractivity contribution in [1.29, 1.82) is 0 Å². The van der Waals surface area contributed by atoms with Crippen LogP contribution in [0.1, 0.15) is 57.6 Å². The maximum absolute atomic E-state index is 4.40. The van der Waals surface area contributed by atoms with Gasteiger partial charge in [0.25, 0.3) is 0 Å². The summed E-state index contributed by atoms with van der Waals surface area (Å²) in [4.78, 5) is 11.7. The lowest BCUT2D eigenvalue weighted by atomic mass is 9.86. The summed E-state index contributed by atoms with van der Waals surface area (Å²) in [7, 11) is 0. The summed E-state index contributed by atoms with van der Waals surface area (Å²) in [6.07, 6.45) is 8.06. The van der Waals surface area contributed by atoms with Crippen LogP contribution >= 0.6 is 0 Å². The molecule has 1 saturated carbocycles. The molecule has 1 aliphatic rings. The molecule has 3 N–H and O–H groups in total. The second-order valence-electron chi connectivity index (χ2n) is 8.90. The van der Waals surface area contributed by atoms with Gasteiger partial charge in [-0.1, -0.05) is 45.0 Å². The van der Waals surface area contributed by atoms with Crippen LogP contribution in [-0.4, -0.2) is 27.0 Å². The van der Waals surface area contributed by atoms with Crippen molar-refractivity contribution >= 4 is 16.9 Å². The lowest BCUT2D eigenvalue weighted by molar-refractivity contribution is 0.352. The Morgan fingerprint density at radius 1 is 1.04 bits per heavy atom. The van der Waals surface area contributed by atoms with Gasteiger partial charge >= 0.3 is 0 Å². The molecule has 28 heavy (non-hydrogen) atoms. The van der Waals surface area contributed by atoms with Gasteiger partial charge in [-0.25, -0.2) is 9.97 Å². The molecular formula is C23H30N5. The van der Waals surface area contributed by atoms with Gasteiger partial charge in [0.05, 0.1) is 5.39 Å². The maximum atomic E-state index is 4.40. The first-order valence-corrected chi connectivity index (χ1v) is 10.3. The number of aromatic amines is 1. The highest BCUT2D eigenvalue weighted by atomic mass is 15.1. The quantitative estimate of drug-likeness (QED) is 0.610. The fourth-order valence-corrected chi connectivity index (χ4v) is 3.94. The molecule has 1 aromatic carbocycles. The Morgan fingerprint density at radius 3 is 2.46 bits per heavy atom. The Labute approximate surface area is 167 Å². The van der Waals surface area contributed by atoms with Crippen molar-refractivity contribution in [3.8, 4) is 0 Å². The van der Waals surface area contributed by atoms with E-state index in [1.807, 2.05) is 0 Å². The predicted molar refractivity (Wildman–Crippen MR) is 114 cm³/mol. The molecule has 1 radical (unpaired) electrons. The van der Waals surface area contributed by atoms with E-state index in [0.717, 1.165) is 36.2 Å². The highest BCUT2D eigenvalue weighted by molar-refractivity contribution is 5.86. The summed E-state index contributed by atoms with van der Waals surface area (Å²) in [5.41, 5.74) is 3.80. The molecule has 0 amide bonds. The number of benzene rings is 1. The predicted octanol–water partition coefficient (Wildman–Crippen LogP) is 4.57. The zero-order chi connectivity index (χ0) is 19.6.